The number of aromatic carboxylic acids is 1. The molecule has 0 aromatic heterocycles. The molecule has 2 rings (SSSR count). The number of hydrogen-bond acceptors (Lipinski definition) is 3. The lowest BCUT2D eigenvalue weighted by molar-refractivity contribution is 0.0696. The van der Waals surface area contributed by atoms with Crippen LogP contribution < -0.4 is 4.72 Å². The van der Waals surface area contributed by atoms with Gasteiger partial charge in [0.15, 0.2) is 0 Å². The number of halogens is 1. The average Bonchev–Trinajstić information content (AvgIpc) is 2.44. The molecule has 0 unspecified atom stereocenters. The highest BCUT2D eigenvalue weighted by molar-refractivity contribution is 7.89. The molecular formula is C17H18FNO4S. The molecule has 2 aromatic rings. The summed E-state index contributed by atoms with van der Waals surface area (Å²) in [7, 11) is -3.75. The second-order valence-electron chi connectivity index (χ2n) is 6.38. The van der Waals surface area contributed by atoms with E-state index in [1.165, 1.54) is 30.3 Å². The van der Waals surface area contributed by atoms with Crippen LogP contribution in [0.15, 0.2) is 47.4 Å². The maximum atomic E-state index is 14.2. The maximum absolute atomic E-state index is 14.2. The van der Waals surface area contributed by atoms with Crippen LogP contribution in [-0.2, 0) is 10.0 Å². The van der Waals surface area contributed by atoms with E-state index in [-0.39, 0.29) is 16.0 Å². The van der Waals surface area contributed by atoms with Gasteiger partial charge in [-0.1, -0.05) is 18.2 Å². The van der Waals surface area contributed by atoms with Crippen molar-refractivity contribution in [1.82, 2.24) is 4.72 Å². The third kappa shape index (κ3) is 4.18. The molecule has 7 heteroatoms. The van der Waals surface area contributed by atoms with E-state index >= 15 is 0 Å². The van der Waals surface area contributed by atoms with Gasteiger partial charge in [-0.25, -0.2) is 22.3 Å². The first-order chi connectivity index (χ1) is 11.0. The fourth-order valence-electron chi connectivity index (χ4n) is 2.18. The number of carbonyl (C=O) groups is 1. The smallest absolute Gasteiger partial charge is 0.335 e. The van der Waals surface area contributed by atoms with Crippen molar-refractivity contribution in [1.29, 1.82) is 0 Å². The Hall–Kier alpha value is -2.25. The van der Waals surface area contributed by atoms with E-state index in [9.17, 15) is 17.6 Å². The van der Waals surface area contributed by atoms with Crippen LogP contribution in [0, 0.1) is 5.82 Å². The van der Waals surface area contributed by atoms with Gasteiger partial charge in [0.05, 0.1) is 10.5 Å². The molecule has 24 heavy (non-hydrogen) atoms. The van der Waals surface area contributed by atoms with Crippen molar-refractivity contribution in [3.63, 3.8) is 0 Å². The molecular weight excluding hydrogens is 333 g/mol. The van der Waals surface area contributed by atoms with Crippen LogP contribution in [0.3, 0.4) is 0 Å². The van der Waals surface area contributed by atoms with E-state index in [2.05, 4.69) is 4.72 Å². The van der Waals surface area contributed by atoms with E-state index < -0.39 is 27.3 Å². The number of hydrogen-bond donors (Lipinski definition) is 2. The second kappa shape index (κ2) is 6.33. The number of carboxylic acid groups (broad SMARTS) is 1. The van der Waals surface area contributed by atoms with Gasteiger partial charge in [0.25, 0.3) is 0 Å². The SMILES string of the molecule is CC(C)(C)NS(=O)(=O)c1cccc(-c2ccc(C(=O)O)cc2F)c1. The first-order valence-electron chi connectivity index (χ1n) is 7.17. The summed E-state index contributed by atoms with van der Waals surface area (Å²) in [6.45, 7) is 5.16. The van der Waals surface area contributed by atoms with Crippen molar-refractivity contribution in [2.24, 2.45) is 0 Å². The summed E-state index contributed by atoms with van der Waals surface area (Å²) >= 11 is 0. The van der Waals surface area contributed by atoms with Gasteiger partial charge >= 0.3 is 5.97 Å². The zero-order chi connectivity index (χ0) is 18.1. The predicted molar refractivity (Wildman–Crippen MR) is 88.9 cm³/mol. The van der Waals surface area contributed by atoms with Gasteiger partial charge in [-0.3, -0.25) is 0 Å². The fraction of sp³-hybridized carbons (Fsp3) is 0.235. The number of carboxylic acids is 1. The average molecular weight is 351 g/mol. The molecule has 2 N–H and O–H groups in total. The normalized spacial score (nSPS) is 12.2. The maximum Gasteiger partial charge on any atom is 0.335 e. The molecule has 0 radical (unpaired) electrons. The standard InChI is InChI=1S/C17H18FNO4S/c1-17(2,3)19-24(22,23)13-6-4-5-11(9-13)14-8-7-12(16(20)21)10-15(14)18/h4-10,19H,1-3H3,(H,20,21). The molecule has 0 saturated carbocycles. The van der Waals surface area contributed by atoms with Crippen LogP contribution in [0.1, 0.15) is 31.1 Å². The van der Waals surface area contributed by atoms with Crippen molar-refractivity contribution < 1.29 is 22.7 Å². The Labute approximate surface area is 140 Å². The Balaban J connectivity index is 2.47. The Kier molecular flexibility index (Phi) is 4.77. The van der Waals surface area contributed by atoms with Gasteiger partial charge in [-0.05, 0) is 50.6 Å². The van der Waals surface area contributed by atoms with Crippen LogP contribution in [0.2, 0.25) is 0 Å². The highest BCUT2D eigenvalue weighted by atomic mass is 32.2. The predicted octanol–water partition coefficient (Wildman–Crippen LogP) is 3.27. The summed E-state index contributed by atoms with van der Waals surface area (Å²) in [6.07, 6.45) is 0. The Bertz CT molecular complexity index is 886. The minimum Gasteiger partial charge on any atom is -0.478 e. The van der Waals surface area contributed by atoms with Crippen molar-refractivity contribution in [2.75, 3.05) is 0 Å². The Morgan fingerprint density at radius 2 is 1.79 bits per heavy atom. The lowest BCUT2D eigenvalue weighted by Gasteiger charge is -2.20. The van der Waals surface area contributed by atoms with Gasteiger partial charge in [-0.15, -0.1) is 0 Å². The van der Waals surface area contributed by atoms with E-state index in [0.29, 0.717) is 5.56 Å². The number of sulfonamides is 1. The van der Waals surface area contributed by atoms with Crippen molar-refractivity contribution in [3.8, 4) is 11.1 Å². The zero-order valence-corrected chi connectivity index (χ0v) is 14.3. The highest BCUT2D eigenvalue weighted by Gasteiger charge is 2.22. The van der Waals surface area contributed by atoms with Gasteiger partial charge < -0.3 is 5.11 Å². The van der Waals surface area contributed by atoms with Crippen molar-refractivity contribution >= 4 is 16.0 Å². The van der Waals surface area contributed by atoms with Gasteiger partial charge in [0.1, 0.15) is 5.82 Å². The number of benzene rings is 2. The van der Waals surface area contributed by atoms with E-state index in [1.54, 1.807) is 26.8 Å². The monoisotopic (exact) mass is 351 g/mol. The van der Waals surface area contributed by atoms with Crippen molar-refractivity contribution in [2.45, 2.75) is 31.2 Å². The van der Waals surface area contributed by atoms with Crippen LogP contribution in [0.25, 0.3) is 11.1 Å². The molecule has 0 bridgehead atoms. The summed E-state index contributed by atoms with van der Waals surface area (Å²) in [6, 6.07) is 9.35. The highest BCUT2D eigenvalue weighted by Crippen LogP contribution is 2.26. The fourth-order valence-corrected chi connectivity index (χ4v) is 3.64. The molecule has 2 aromatic carbocycles. The summed E-state index contributed by atoms with van der Waals surface area (Å²) in [5, 5.41) is 8.88. The zero-order valence-electron chi connectivity index (χ0n) is 13.5. The molecule has 5 nitrogen and oxygen atoms in total. The third-order valence-electron chi connectivity index (χ3n) is 3.11. The van der Waals surface area contributed by atoms with Gasteiger partial charge in [0, 0.05) is 11.1 Å². The van der Waals surface area contributed by atoms with E-state index in [0.717, 1.165) is 6.07 Å². The van der Waals surface area contributed by atoms with E-state index in [1.807, 2.05) is 0 Å². The molecule has 0 heterocycles. The topological polar surface area (TPSA) is 83.5 Å². The molecule has 128 valence electrons. The second-order valence-corrected chi connectivity index (χ2v) is 8.07. The van der Waals surface area contributed by atoms with Crippen LogP contribution in [-0.4, -0.2) is 25.0 Å². The minimum absolute atomic E-state index is 0.0108. The summed E-state index contributed by atoms with van der Waals surface area (Å²) in [4.78, 5) is 10.9. The minimum atomic E-state index is -3.75. The number of nitrogens with one attached hydrogen (secondary N) is 1. The molecule has 0 fully saturated rings. The molecule has 0 saturated heterocycles. The molecule has 0 aliphatic rings. The first kappa shape index (κ1) is 18.1. The van der Waals surface area contributed by atoms with Crippen LogP contribution in [0.4, 0.5) is 4.39 Å². The molecule has 0 aliphatic heterocycles. The summed E-state index contributed by atoms with van der Waals surface area (Å²) < 4.78 is 41.5. The Morgan fingerprint density at radius 3 is 2.33 bits per heavy atom. The lowest BCUT2D eigenvalue weighted by Crippen LogP contribution is -2.40. The van der Waals surface area contributed by atoms with Crippen LogP contribution >= 0.6 is 0 Å². The van der Waals surface area contributed by atoms with Crippen molar-refractivity contribution in [3.05, 3.63) is 53.8 Å². The van der Waals surface area contributed by atoms with Gasteiger partial charge in [-0.2, -0.15) is 0 Å². The molecule has 0 atom stereocenters. The third-order valence-corrected chi connectivity index (χ3v) is 4.87. The summed E-state index contributed by atoms with van der Waals surface area (Å²) in [5.74, 6) is -1.96. The number of rotatable bonds is 4. The molecule has 0 aliphatic carbocycles. The summed E-state index contributed by atoms with van der Waals surface area (Å²) in [5.41, 5.74) is -0.341. The quantitative estimate of drug-likeness (QED) is 0.885. The van der Waals surface area contributed by atoms with Crippen LogP contribution in [0.5, 0.6) is 0 Å². The molecule has 0 amide bonds. The Morgan fingerprint density at radius 1 is 1.12 bits per heavy atom. The first-order valence-corrected chi connectivity index (χ1v) is 8.65. The lowest BCUT2D eigenvalue weighted by atomic mass is 10.0. The van der Waals surface area contributed by atoms with Gasteiger partial charge in [0.2, 0.25) is 10.0 Å². The molecule has 0 spiro atoms. The largest absolute Gasteiger partial charge is 0.478 e. The van der Waals surface area contributed by atoms with E-state index in [4.69, 9.17) is 5.11 Å².